The van der Waals surface area contributed by atoms with Crippen LogP contribution in [0.4, 0.5) is 0 Å². The van der Waals surface area contributed by atoms with Gasteiger partial charge in [-0.15, -0.1) is 0 Å². The van der Waals surface area contributed by atoms with Crippen molar-refractivity contribution >= 4 is 11.8 Å². The lowest BCUT2D eigenvalue weighted by Crippen LogP contribution is -2.55. The first-order chi connectivity index (χ1) is 12.9. The summed E-state index contributed by atoms with van der Waals surface area (Å²) in [5.41, 5.74) is 1.11. The van der Waals surface area contributed by atoms with Gasteiger partial charge in [-0.25, -0.2) is 0 Å². The average molecular weight is 375 g/mol. The van der Waals surface area contributed by atoms with Crippen LogP contribution in [0.1, 0.15) is 45.7 Å². The minimum Gasteiger partial charge on any atom is -0.353 e. The van der Waals surface area contributed by atoms with Gasteiger partial charge in [0.1, 0.15) is 0 Å². The highest BCUT2D eigenvalue weighted by molar-refractivity contribution is 5.81. The number of piperazine rings is 1. The molecule has 0 aromatic heterocycles. The Hall–Kier alpha value is -1.92. The van der Waals surface area contributed by atoms with Crippen molar-refractivity contribution in [2.75, 3.05) is 32.7 Å². The molecule has 2 N–H and O–H groups in total. The van der Waals surface area contributed by atoms with Gasteiger partial charge < -0.3 is 10.6 Å². The molecule has 1 fully saturated rings. The smallest absolute Gasteiger partial charge is 0.237 e. The molecular formula is C21H34N4O2. The third kappa shape index (κ3) is 6.63. The predicted molar refractivity (Wildman–Crippen MR) is 108 cm³/mol. The van der Waals surface area contributed by atoms with Gasteiger partial charge in [0.05, 0.1) is 18.6 Å². The van der Waals surface area contributed by atoms with E-state index in [4.69, 9.17) is 0 Å². The third-order valence-corrected chi connectivity index (χ3v) is 5.38. The summed E-state index contributed by atoms with van der Waals surface area (Å²) in [7, 11) is 0. The van der Waals surface area contributed by atoms with E-state index in [1.54, 1.807) is 0 Å². The zero-order chi connectivity index (χ0) is 19.8. The van der Waals surface area contributed by atoms with E-state index < -0.39 is 0 Å². The van der Waals surface area contributed by atoms with Crippen LogP contribution in [0.5, 0.6) is 0 Å². The van der Waals surface area contributed by atoms with Crippen LogP contribution in [0.15, 0.2) is 30.3 Å². The molecule has 0 spiro atoms. The number of nitrogens with one attached hydrogen (secondary N) is 2. The highest BCUT2D eigenvalue weighted by Crippen LogP contribution is 2.13. The fourth-order valence-corrected chi connectivity index (χ4v) is 3.26. The molecule has 0 bridgehead atoms. The van der Waals surface area contributed by atoms with Gasteiger partial charge in [-0.1, -0.05) is 37.3 Å². The van der Waals surface area contributed by atoms with Gasteiger partial charge in [-0.3, -0.25) is 19.4 Å². The van der Waals surface area contributed by atoms with Crippen molar-refractivity contribution < 1.29 is 9.59 Å². The Balaban J connectivity index is 1.76. The number of carbonyl (C=O) groups is 2. The minimum absolute atomic E-state index is 0.00769. The van der Waals surface area contributed by atoms with Gasteiger partial charge >= 0.3 is 0 Å². The van der Waals surface area contributed by atoms with Gasteiger partial charge in [-0.2, -0.15) is 0 Å². The first kappa shape index (κ1) is 21.4. The molecule has 3 atom stereocenters. The Morgan fingerprint density at radius 1 is 1.00 bits per heavy atom. The summed E-state index contributed by atoms with van der Waals surface area (Å²) >= 11 is 0. The first-order valence-corrected chi connectivity index (χ1v) is 10.0. The van der Waals surface area contributed by atoms with E-state index in [0.29, 0.717) is 6.54 Å². The molecule has 1 aromatic carbocycles. The van der Waals surface area contributed by atoms with E-state index >= 15 is 0 Å². The van der Waals surface area contributed by atoms with Crippen LogP contribution in [0.2, 0.25) is 0 Å². The van der Waals surface area contributed by atoms with Crippen LogP contribution in [-0.2, 0) is 9.59 Å². The highest BCUT2D eigenvalue weighted by atomic mass is 16.2. The lowest BCUT2D eigenvalue weighted by molar-refractivity contribution is -0.128. The molecule has 6 heteroatoms. The summed E-state index contributed by atoms with van der Waals surface area (Å²) in [6, 6.07) is 10.0. The molecule has 6 nitrogen and oxygen atoms in total. The summed E-state index contributed by atoms with van der Waals surface area (Å²) in [5, 5.41) is 6.11. The van der Waals surface area contributed by atoms with Crippen LogP contribution in [0.3, 0.4) is 0 Å². The second-order valence-corrected chi connectivity index (χ2v) is 7.51. The SMILES string of the molecule is CCC(C)NC(=O)CN1CCN(C(C)C(=O)NC(C)c2ccccc2)CC1. The van der Waals surface area contributed by atoms with E-state index in [9.17, 15) is 9.59 Å². The van der Waals surface area contributed by atoms with E-state index in [1.165, 1.54) is 0 Å². The molecule has 1 saturated heterocycles. The summed E-state index contributed by atoms with van der Waals surface area (Å²) < 4.78 is 0. The number of hydrogen-bond donors (Lipinski definition) is 2. The van der Waals surface area contributed by atoms with Crippen LogP contribution in [0, 0.1) is 0 Å². The molecule has 1 aliphatic heterocycles. The Bertz CT molecular complexity index is 599. The lowest BCUT2D eigenvalue weighted by atomic mass is 10.1. The van der Waals surface area contributed by atoms with E-state index in [-0.39, 0.29) is 29.9 Å². The number of hydrogen-bond acceptors (Lipinski definition) is 4. The van der Waals surface area contributed by atoms with E-state index in [0.717, 1.165) is 38.2 Å². The van der Waals surface area contributed by atoms with E-state index in [2.05, 4.69) is 27.4 Å². The highest BCUT2D eigenvalue weighted by Gasteiger charge is 2.27. The molecule has 2 amide bonds. The molecule has 2 rings (SSSR count). The summed E-state index contributed by atoms with van der Waals surface area (Å²) in [5.74, 6) is 0.134. The molecule has 1 heterocycles. The quantitative estimate of drug-likeness (QED) is 0.728. The number of carbonyl (C=O) groups excluding carboxylic acids is 2. The van der Waals surface area contributed by atoms with Gasteiger partial charge in [0, 0.05) is 32.2 Å². The molecule has 1 aliphatic rings. The molecule has 150 valence electrons. The predicted octanol–water partition coefficient (Wildman–Crippen LogP) is 1.78. The lowest BCUT2D eigenvalue weighted by Gasteiger charge is -2.37. The van der Waals surface area contributed by atoms with Gasteiger partial charge in [0.2, 0.25) is 11.8 Å². The van der Waals surface area contributed by atoms with Crippen molar-refractivity contribution in [1.29, 1.82) is 0 Å². The summed E-state index contributed by atoms with van der Waals surface area (Å²) in [4.78, 5) is 29.0. The number of rotatable bonds is 8. The Kier molecular flexibility index (Phi) is 8.25. The number of amides is 2. The molecule has 1 aromatic rings. The molecule has 27 heavy (non-hydrogen) atoms. The third-order valence-electron chi connectivity index (χ3n) is 5.38. The van der Waals surface area contributed by atoms with Crippen LogP contribution < -0.4 is 10.6 Å². The normalized spacial score (nSPS) is 19.1. The zero-order valence-electron chi connectivity index (χ0n) is 17.1. The van der Waals surface area contributed by atoms with Crippen molar-refractivity contribution in [3.05, 3.63) is 35.9 Å². The van der Waals surface area contributed by atoms with E-state index in [1.807, 2.05) is 51.1 Å². The Morgan fingerprint density at radius 2 is 1.63 bits per heavy atom. The molecule has 0 saturated carbocycles. The van der Waals surface area contributed by atoms with Crippen LogP contribution in [0.25, 0.3) is 0 Å². The Morgan fingerprint density at radius 3 is 2.22 bits per heavy atom. The second-order valence-electron chi connectivity index (χ2n) is 7.51. The molecular weight excluding hydrogens is 340 g/mol. The largest absolute Gasteiger partial charge is 0.353 e. The van der Waals surface area contributed by atoms with Crippen molar-refractivity contribution in [3.8, 4) is 0 Å². The monoisotopic (exact) mass is 374 g/mol. The summed E-state index contributed by atoms with van der Waals surface area (Å²) in [6.07, 6.45) is 0.938. The maximum atomic E-state index is 12.6. The van der Waals surface area contributed by atoms with Crippen molar-refractivity contribution in [1.82, 2.24) is 20.4 Å². The molecule has 0 radical (unpaired) electrons. The maximum absolute atomic E-state index is 12.6. The summed E-state index contributed by atoms with van der Waals surface area (Å²) in [6.45, 7) is 11.7. The van der Waals surface area contributed by atoms with Gasteiger partial charge in [-0.05, 0) is 32.8 Å². The zero-order valence-corrected chi connectivity index (χ0v) is 17.1. The first-order valence-electron chi connectivity index (χ1n) is 10.0. The topological polar surface area (TPSA) is 64.7 Å². The number of nitrogens with zero attached hydrogens (tertiary/aromatic N) is 2. The van der Waals surface area contributed by atoms with Crippen LogP contribution in [-0.4, -0.2) is 66.4 Å². The standard InChI is InChI=1S/C21H34N4O2/c1-5-16(2)22-20(26)15-24-11-13-25(14-12-24)18(4)21(27)23-17(3)19-9-7-6-8-10-19/h6-10,16-18H,5,11-15H2,1-4H3,(H,22,26)(H,23,27). The Labute approximate surface area is 163 Å². The van der Waals surface area contributed by atoms with Crippen LogP contribution >= 0.6 is 0 Å². The molecule has 0 aliphatic carbocycles. The van der Waals surface area contributed by atoms with Crippen molar-refractivity contribution in [2.45, 2.75) is 52.2 Å². The fraction of sp³-hybridized carbons (Fsp3) is 0.619. The maximum Gasteiger partial charge on any atom is 0.237 e. The van der Waals surface area contributed by atoms with Gasteiger partial charge in [0.25, 0.3) is 0 Å². The second kappa shape index (κ2) is 10.4. The van der Waals surface area contributed by atoms with Crippen molar-refractivity contribution in [3.63, 3.8) is 0 Å². The average Bonchev–Trinajstić information content (AvgIpc) is 2.68. The van der Waals surface area contributed by atoms with Gasteiger partial charge in [0.15, 0.2) is 0 Å². The van der Waals surface area contributed by atoms with Crippen molar-refractivity contribution in [2.24, 2.45) is 0 Å². The molecule has 3 unspecified atom stereocenters. The fourth-order valence-electron chi connectivity index (χ4n) is 3.26. The number of benzene rings is 1. The minimum atomic E-state index is -0.174.